The second-order valence-electron chi connectivity index (χ2n) is 4.19. The van der Waals surface area contributed by atoms with Crippen LogP contribution in [0.2, 0.25) is 0 Å². The number of hydrogen-bond acceptors (Lipinski definition) is 1. The predicted octanol–water partition coefficient (Wildman–Crippen LogP) is 5.04. The summed E-state index contributed by atoms with van der Waals surface area (Å²) in [5.74, 6) is -1.64. The summed E-state index contributed by atoms with van der Waals surface area (Å²) in [7, 11) is 0. The third kappa shape index (κ3) is 3.50. The Hall–Kier alpha value is -1.49. The minimum absolute atomic E-state index is 0.226. The third-order valence-electron chi connectivity index (χ3n) is 2.67. The van der Waals surface area contributed by atoms with Crippen molar-refractivity contribution >= 4 is 21.6 Å². The molecule has 0 spiro atoms. The fraction of sp³-hybridized carbons (Fsp3) is 0.143. The van der Waals surface area contributed by atoms with Crippen molar-refractivity contribution in [1.82, 2.24) is 0 Å². The molecule has 19 heavy (non-hydrogen) atoms. The smallest absolute Gasteiger partial charge is 0.128 e. The first-order valence-electron chi connectivity index (χ1n) is 5.63. The molecule has 5 heteroatoms. The molecule has 0 aliphatic heterocycles. The van der Waals surface area contributed by atoms with Crippen molar-refractivity contribution in [3.8, 4) is 0 Å². The molecule has 2 aromatic carbocycles. The molecule has 0 aliphatic carbocycles. The van der Waals surface area contributed by atoms with E-state index in [4.69, 9.17) is 0 Å². The van der Waals surface area contributed by atoms with Crippen molar-refractivity contribution in [1.29, 1.82) is 0 Å². The van der Waals surface area contributed by atoms with Gasteiger partial charge in [0, 0.05) is 22.3 Å². The van der Waals surface area contributed by atoms with E-state index in [1.54, 1.807) is 6.07 Å². The van der Waals surface area contributed by atoms with Gasteiger partial charge in [-0.25, -0.2) is 13.2 Å². The molecule has 1 nitrogen and oxygen atoms in total. The summed E-state index contributed by atoms with van der Waals surface area (Å²) in [5, 5.41) is 2.97. The van der Waals surface area contributed by atoms with Crippen LogP contribution in [0.15, 0.2) is 40.9 Å². The van der Waals surface area contributed by atoms with Crippen LogP contribution in [0.25, 0.3) is 0 Å². The molecule has 0 fully saturated rings. The van der Waals surface area contributed by atoms with Crippen molar-refractivity contribution < 1.29 is 13.2 Å². The first-order valence-corrected chi connectivity index (χ1v) is 6.42. The SMILES string of the molecule is CC(Nc1cc(F)cc(F)c1)c1ccc(F)cc1Br. The van der Waals surface area contributed by atoms with Crippen molar-refractivity contribution in [2.24, 2.45) is 0 Å². The Morgan fingerprint density at radius 3 is 2.16 bits per heavy atom. The van der Waals surface area contributed by atoms with Crippen LogP contribution in [0.1, 0.15) is 18.5 Å². The Morgan fingerprint density at radius 1 is 0.947 bits per heavy atom. The maximum absolute atomic E-state index is 13.1. The van der Waals surface area contributed by atoms with Crippen molar-refractivity contribution in [2.75, 3.05) is 5.32 Å². The van der Waals surface area contributed by atoms with Gasteiger partial charge in [0.25, 0.3) is 0 Å². The van der Waals surface area contributed by atoms with Crippen LogP contribution in [0, 0.1) is 17.5 Å². The molecule has 0 saturated carbocycles. The second-order valence-corrected chi connectivity index (χ2v) is 5.04. The molecule has 0 radical (unpaired) electrons. The van der Waals surface area contributed by atoms with Crippen LogP contribution in [-0.2, 0) is 0 Å². The summed E-state index contributed by atoms with van der Waals surface area (Å²) < 4.78 is 39.7. The molecule has 0 bridgehead atoms. The lowest BCUT2D eigenvalue weighted by Crippen LogP contribution is -2.08. The van der Waals surface area contributed by atoms with E-state index in [2.05, 4.69) is 21.2 Å². The van der Waals surface area contributed by atoms with Crippen LogP contribution in [-0.4, -0.2) is 0 Å². The van der Waals surface area contributed by atoms with Gasteiger partial charge in [0.05, 0.1) is 0 Å². The standard InChI is InChI=1S/C14H11BrF3N/c1-8(13-3-2-9(16)7-14(13)15)19-12-5-10(17)4-11(18)6-12/h2-8,19H,1H3. The molecule has 1 N–H and O–H groups in total. The molecular weight excluding hydrogens is 319 g/mol. The molecule has 0 amide bonds. The Balaban J connectivity index is 2.22. The zero-order valence-electron chi connectivity index (χ0n) is 10.1. The summed E-state index contributed by atoms with van der Waals surface area (Å²) in [5.41, 5.74) is 1.13. The van der Waals surface area contributed by atoms with E-state index in [1.807, 2.05) is 6.92 Å². The summed E-state index contributed by atoms with van der Waals surface area (Å²) in [4.78, 5) is 0. The minimum Gasteiger partial charge on any atom is -0.378 e. The van der Waals surface area contributed by atoms with Crippen LogP contribution < -0.4 is 5.32 Å². The van der Waals surface area contributed by atoms with Crippen LogP contribution in [0.3, 0.4) is 0 Å². The normalized spacial score (nSPS) is 12.3. The largest absolute Gasteiger partial charge is 0.378 e. The lowest BCUT2D eigenvalue weighted by molar-refractivity contribution is 0.583. The topological polar surface area (TPSA) is 12.0 Å². The van der Waals surface area contributed by atoms with Gasteiger partial charge in [0.15, 0.2) is 0 Å². The number of hydrogen-bond donors (Lipinski definition) is 1. The molecule has 0 saturated heterocycles. The first kappa shape index (κ1) is 13.9. The summed E-state index contributed by atoms with van der Waals surface area (Å²) >= 11 is 3.26. The lowest BCUT2D eigenvalue weighted by Gasteiger charge is -2.17. The van der Waals surface area contributed by atoms with Gasteiger partial charge in [-0.15, -0.1) is 0 Å². The van der Waals surface area contributed by atoms with E-state index in [9.17, 15) is 13.2 Å². The average Bonchev–Trinajstić information content (AvgIpc) is 2.26. The zero-order chi connectivity index (χ0) is 14.0. The first-order chi connectivity index (χ1) is 8.95. The van der Waals surface area contributed by atoms with Crippen LogP contribution in [0.5, 0.6) is 0 Å². The Labute approximate surface area is 117 Å². The number of rotatable bonds is 3. The number of benzene rings is 2. The molecule has 2 aromatic rings. The summed E-state index contributed by atoms with van der Waals surface area (Å²) in [6, 6.07) is 7.30. The fourth-order valence-corrected chi connectivity index (χ4v) is 2.51. The highest BCUT2D eigenvalue weighted by molar-refractivity contribution is 9.10. The summed E-state index contributed by atoms with van der Waals surface area (Å²) in [6.07, 6.45) is 0. The summed E-state index contributed by atoms with van der Waals surface area (Å²) in [6.45, 7) is 1.82. The van der Waals surface area contributed by atoms with E-state index in [0.29, 0.717) is 10.2 Å². The third-order valence-corrected chi connectivity index (χ3v) is 3.36. The highest BCUT2D eigenvalue weighted by Crippen LogP contribution is 2.27. The molecule has 1 atom stereocenters. The monoisotopic (exact) mass is 329 g/mol. The number of nitrogens with one attached hydrogen (secondary N) is 1. The Bertz CT molecular complexity index is 581. The Kier molecular flexibility index (Phi) is 4.14. The predicted molar refractivity (Wildman–Crippen MR) is 72.5 cm³/mol. The van der Waals surface area contributed by atoms with E-state index >= 15 is 0 Å². The Morgan fingerprint density at radius 2 is 1.58 bits per heavy atom. The van der Waals surface area contributed by atoms with Gasteiger partial charge in [-0.05, 0) is 36.8 Å². The fourth-order valence-electron chi connectivity index (χ4n) is 1.82. The van der Waals surface area contributed by atoms with E-state index < -0.39 is 11.6 Å². The molecule has 1 unspecified atom stereocenters. The minimum atomic E-state index is -0.645. The van der Waals surface area contributed by atoms with E-state index in [0.717, 1.165) is 11.6 Å². The molecule has 0 heterocycles. The van der Waals surface area contributed by atoms with E-state index in [1.165, 1.54) is 24.3 Å². The number of halogens is 4. The molecule has 0 aliphatic rings. The van der Waals surface area contributed by atoms with Crippen LogP contribution >= 0.6 is 15.9 Å². The van der Waals surface area contributed by atoms with Gasteiger partial charge in [-0.1, -0.05) is 22.0 Å². The van der Waals surface area contributed by atoms with Crippen molar-refractivity contribution in [3.63, 3.8) is 0 Å². The molecule has 100 valence electrons. The molecule has 0 aromatic heterocycles. The van der Waals surface area contributed by atoms with Gasteiger partial charge in [-0.3, -0.25) is 0 Å². The van der Waals surface area contributed by atoms with Crippen molar-refractivity contribution in [2.45, 2.75) is 13.0 Å². The van der Waals surface area contributed by atoms with E-state index in [-0.39, 0.29) is 11.9 Å². The van der Waals surface area contributed by atoms with Gasteiger partial charge in [0.1, 0.15) is 17.5 Å². The maximum Gasteiger partial charge on any atom is 0.128 e. The lowest BCUT2D eigenvalue weighted by atomic mass is 10.1. The maximum atomic E-state index is 13.1. The van der Waals surface area contributed by atoms with Gasteiger partial charge in [0.2, 0.25) is 0 Å². The van der Waals surface area contributed by atoms with Gasteiger partial charge >= 0.3 is 0 Å². The highest BCUT2D eigenvalue weighted by atomic mass is 79.9. The van der Waals surface area contributed by atoms with Gasteiger partial charge in [-0.2, -0.15) is 0 Å². The zero-order valence-corrected chi connectivity index (χ0v) is 11.6. The van der Waals surface area contributed by atoms with Gasteiger partial charge < -0.3 is 5.32 Å². The highest BCUT2D eigenvalue weighted by Gasteiger charge is 2.11. The molecular formula is C14H11BrF3N. The quantitative estimate of drug-likeness (QED) is 0.831. The number of anilines is 1. The molecule has 2 rings (SSSR count). The second kappa shape index (κ2) is 5.65. The van der Waals surface area contributed by atoms with Crippen LogP contribution in [0.4, 0.5) is 18.9 Å². The van der Waals surface area contributed by atoms with Crippen molar-refractivity contribution in [3.05, 3.63) is 63.9 Å². The average molecular weight is 330 g/mol.